The van der Waals surface area contributed by atoms with Gasteiger partial charge in [0.1, 0.15) is 11.5 Å². The molecule has 0 unspecified atom stereocenters. The lowest BCUT2D eigenvalue weighted by atomic mass is 10.0. The Labute approximate surface area is 127 Å². The summed E-state index contributed by atoms with van der Waals surface area (Å²) >= 11 is 1.57. The van der Waals surface area contributed by atoms with Gasteiger partial charge in [-0.05, 0) is 31.0 Å². The van der Waals surface area contributed by atoms with E-state index in [2.05, 4.69) is 10.0 Å². The normalized spacial score (nSPS) is 28.5. The highest BCUT2D eigenvalue weighted by molar-refractivity contribution is 7.99. The molecule has 0 aromatic heterocycles. The fourth-order valence-corrected chi connectivity index (χ4v) is 3.43. The third-order valence-electron chi connectivity index (χ3n) is 3.15. The van der Waals surface area contributed by atoms with Crippen LogP contribution in [-0.2, 0) is 14.3 Å². The van der Waals surface area contributed by atoms with Crippen LogP contribution in [0, 0.1) is 0 Å². The number of azide groups is 1. The van der Waals surface area contributed by atoms with Gasteiger partial charge in [-0.3, -0.25) is 4.79 Å². The summed E-state index contributed by atoms with van der Waals surface area (Å²) in [5.41, 5.74) is 8.57. The molecule has 7 heteroatoms. The van der Waals surface area contributed by atoms with E-state index in [1.165, 1.54) is 6.92 Å². The van der Waals surface area contributed by atoms with Crippen molar-refractivity contribution in [1.82, 2.24) is 0 Å². The fourth-order valence-electron chi connectivity index (χ4n) is 2.29. The van der Waals surface area contributed by atoms with Crippen LogP contribution in [0.4, 0.5) is 0 Å². The van der Waals surface area contributed by atoms with Gasteiger partial charge in [0.25, 0.3) is 0 Å². The van der Waals surface area contributed by atoms with Gasteiger partial charge >= 0.3 is 5.97 Å². The fraction of sp³-hybridized carbons (Fsp3) is 0.500. The van der Waals surface area contributed by atoms with Crippen molar-refractivity contribution in [3.05, 3.63) is 40.8 Å². The van der Waals surface area contributed by atoms with Gasteiger partial charge in [0.15, 0.2) is 0 Å². The van der Waals surface area contributed by atoms with Crippen LogP contribution in [0.1, 0.15) is 20.3 Å². The maximum absolute atomic E-state index is 11.2. The molecule has 1 aliphatic rings. The molecular formula is C14H17N3O3S. The summed E-state index contributed by atoms with van der Waals surface area (Å²) in [7, 11) is 0. The zero-order chi connectivity index (χ0) is 15.2. The third-order valence-corrected chi connectivity index (χ3v) is 4.27. The van der Waals surface area contributed by atoms with Crippen LogP contribution in [0.25, 0.3) is 10.4 Å². The molecule has 0 amide bonds. The minimum absolute atomic E-state index is 0.135. The first kappa shape index (κ1) is 15.7. The largest absolute Gasteiger partial charge is 0.459 e. The molecule has 0 aliphatic carbocycles. The van der Waals surface area contributed by atoms with Gasteiger partial charge in [-0.15, -0.1) is 0 Å². The molecule has 2 rings (SSSR count). The molecular weight excluding hydrogens is 290 g/mol. The SMILES string of the molecule is CC(=O)O[C@H]1[C@@H](N=[N+]=[N-])C[C@H](Sc2ccccc2)O[C@H]1C. The highest BCUT2D eigenvalue weighted by atomic mass is 32.2. The van der Waals surface area contributed by atoms with Crippen molar-refractivity contribution in [3.8, 4) is 0 Å². The van der Waals surface area contributed by atoms with Crippen molar-refractivity contribution in [1.29, 1.82) is 0 Å². The number of benzene rings is 1. The van der Waals surface area contributed by atoms with Gasteiger partial charge in [-0.1, -0.05) is 35.1 Å². The van der Waals surface area contributed by atoms with Crippen molar-refractivity contribution in [2.24, 2.45) is 5.11 Å². The number of thioether (sulfide) groups is 1. The Morgan fingerprint density at radius 3 is 2.81 bits per heavy atom. The van der Waals surface area contributed by atoms with Gasteiger partial charge in [-0.2, -0.15) is 0 Å². The van der Waals surface area contributed by atoms with E-state index in [0.29, 0.717) is 6.42 Å². The minimum Gasteiger partial charge on any atom is -0.459 e. The predicted octanol–water partition coefficient (Wildman–Crippen LogP) is 3.52. The van der Waals surface area contributed by atoms with E-state index in [4.69, 9.17) is 15.0 Å². The van der Waals surface area contributed by atoms with Gasteiger partial charge in [0.05, 0.1) is 12.1 Å². The second kappa shape index (κ2) is 7.36. The van der Waals surface area contributed by atoms with E-state index >= 15 is 0 Å². The summed E-state index contributed by atoms with van der Waals surface area (Å²) in [6.45, 7) is 3.16. The number of nitrogens with zero attached hydrogens (tertiary/aromatic N) is 3. The minimum atomic E-state index is -0.536. The van der Waals surface area contributed by atoms with Crippen molar-refractivity contribution in [3.63, 3.8) is 0 Å². The molecule has 1 fully saturated rings. The van der Waals surface area contributed by atoms with Crippen LogP contribution in [0.2, 0.25) is 0 Å². The first-order valence-corrected chi connectivity index (χ1v) is 7.56. The molecule has 1 saturated heterocycles. The summed E-state index contributed by atoms with van der Waals surface area (Å²) < 4.78 is 11.1. The van der Waals surface area contributed by atoms with Crippen molar-refractivity contribution in [2.45, 2.75) is 48.8 Å². The van der Waals surface area contributed by atoms with Gasteiger partial charge in [0, 0.05) is 16.7 Å². The molecule has 0 bridgehead atoms. The van der Waals surface area contributed by atoms with Gasteiger partial charge in [-0.25, -0.2) is 0 Å². The van der Waals surface area contributed by atoms with Crippen LogP contribution in [-0.4, -0.2) is 29.7 Å². The monoisotopic (exact) mass is 307 g/mol. The number of hydrogen-bond acceptors (Lipinski definition) is 5. The Kier molecular flexibility index (Phi) is 5.50. The van der Waals surface area contributed by atoms with E-state index in [1.807, 2.05) is 37.3 Å². The molecule has 1 heterocycles. The van der Waals surface area contributed by atoms with Crippen LogP contribution in [0.15, 0.2) is 40.3 Å². The average molecular weight is 307 g/mol. The third kappa shape index (κ3) is 4.39. The van der Waals surface area contributed by atoms with E-state index in [9.17, 15) is 4.79 Å². The highest BCUT2D eigenvalue weighted by Crippen LogP contribution is 2.34. The average Bonchev–Trinajstić information content (AvgIpc) is 2.44. The first-order chi connectivity index (χ1) is 10.1. The second-order valence-corrected chi connectivity index (χ2v) is 6.02. The smallest absolute Gasteiger partial charge is 0.303 e. The summed E-state index contributed by atoms with van der Waals surface area (Å²) in [5, 5.41) is 3.77. The number of hydrogen-bond donors (Lipinski definition) is 0. The van der Waals surface area contributed by atoms with Crippen molar-refractivity contribution >= 4 is 17.7 Å². The molecule has 1 aromatic carbocycles. The Bertz CT molecular complexity index is 534. The lowest BCUT2D eigenvalue weighted by Gasteiger charge is -2.37. The Morgan fingerprint density at radius 2 is 2.19 bits per heavy atom. The maximum atomic E-state index is 11.2. The molecule has 4 atom stereocenters. The van der Waals surface area contributed by atoms with Crippen LogP contribution in [0.5, 0.6) is 0 Å². The molecule has 0 saturated carbocycles. The number of carbonyl (C=O) groups excluding carboxylic acids is 1. The Hall–Kier alpha value is -1.69. The standard InChI is InChI=1S/C14H17N3O3S/c1-9-14(20-10(2)18)12(16-17-15)8-13(19-9)21-11-6-4-3-5-7-11/h3-7,9,12-14H,8H2,1-2H3/t9-,12-,13-,14+/m0/s1. The lowest BCUT2D eigenvalue weighted by Crippen LogP contribution is -2.47. The molecule has 0 N–H and O–H groups in total. The quantitative estimate of drug-likeness (QED) is 0.368. The molecule has 112 valence electrons. The van der Waals surface area contributed by atoms with E-state index in [0.717, 1.165) is 4.90 Å². The number of rotatable bonds is 4. The first-order valence-electron chi connectivity index (χ1n) is 6.68. The molecule has 1 aliphatic heterocycles. The molecule has 6 nitrogen and oxygen atoms in total. The van der Waals surface area contributed by atoms with E-state index in [1.54, 1.807) is 11.8 Å². The summed E-state index contributed by atoms with van der Waals surface area (Å²) in [5.74, 6) is -0.400. The van der Waals surface area contributed by atoms with Crippen LogP contribution >= 0.6 is 11.8 Å². The zero-order valence-electron chi connectivity index (χ0n) is 11.9. The number of carbonyl (C=O) groups is 1. The van der Waals surface area contributed by atoms with Crippen molar-refractivity contribution < 1.29 is 14.3 Å². The molecule has 0 spiro atoms. The highest BCUT2D eigenvalue weighted by Gasteiger charge is 2.38. The second-order valence-electron chi connectivity index (χ2n) is 4.78. The van der Waals surface area contributed by atoms with Gasteiger partial charge in [0.2, 0.25) is 0 Å². The summed E-state index contributed by atoms with van der Waals surface area (Å²) in [6, 6.07) is 9.46. The number of ether oxygens (including phenoxy) is 2. The van der Waals surface area contributed by atoms with E-state index in [-0.39, 0.29) is 11.5 Å². The lowest BCUT2D eigenvalue weighted by molar-refractivity contribution is -0.163. The molecule has 1 aromatic rings. The van der Waals surface area contributed by atoms with Crippen LogP contribution < -0.4 is 0 Å². The number of esters is 1. The summed E-state index contributed by atoms with van der Waals surface area (Å²) in [4.78, 5) is 15.1. The van der Waals surface area contributed by atoms with Crippen molar-refractivity contribution in [2.75, 3.05) is 0 Å². The predicted molar refractivity (Wildman–Crippen MR) is 79.7 cm³/mol. The Morgan fingerprint density at radius 1 is 1.48 bits per heavy atom. The van der Waals surface area contributed by atoms with E-state index < -0.39 is 18.1 Å². The molecule has 21 heavy (non-hydrogen) atoms. The van der Waals surface area contributed by atoms with Crippen LogP contribution in [0.3, 0.4) is 0 Å². The molecule has 0 radical (unpaired) electrons. The zero-order valence-corrected chi connectivity index (χ0v) is 12.7. The Balaban J connectivity index is 2.08. The summed E-state index contributed by atoms with van der Waals surface area (Å²) in [6.07, 6.45) is -0.350. The maximum Gasteiger partial charge on any atom is 0.303 e. The topological polar surface area (TPSA) is 84.3 Å². The van der Waals surface area contributed by atoms with Gasteiger partial charge < -0.3 is 9.47 Å².